The fourth-order valence-electron chi connectivity index (χ4n) is 2.02. The number of nitrogens with zero attached hydrogens (tertiary/aromatic N) is 1. The molecule has 21 heavy (non-hydrogen) atoms. The van der Waals surface area contributed by atoms with E-state index in [1.165, 1.54) is 9.71 Å². The van der Waals surface area contributed by atoms with E-state index in [-0.39, 0.29) is 0 Å². The Bertz CT molecular complexity index is 750. The zero-order valence-corrected chi connectivity index (χ0v) is 13.3. The van der Waals surface area contributed by atoms with E-state index >= 15 is 0 Å². The zero-order chi connectivity index (χ0) is 15.5. The van der Waals surface area contributed by atoms with Crippen molar-refractivity contribution in [2.24, 2.45) is 0 Å². The Labute approximate surface area is 126 Å². The normalized spacial score (nSPS) is 11.8. The minimum atomic E-state index is -3.50. The highest BCUT2D eigenvalue weighted by molar-refractivity contribution is 7.95. The molecule has 110 valence electrons. The van der Waals surface area contributed by atoms with Crippen molar-refractivity contribution in [3.8, 4) is 0 Å². The molecule has 0 saturated heterocycles. The highest BCUT2D eigenvalue weighted by Gasteiger charge is 2.16. The van der Waals surface area contributed by atoms with Crippen LogP contribution in [0.2, 0.25) is 0 Å². The van der Waals surface area contributed by atoms with E-state index < -0.39 is 10.0 Å². The Hall–Kier alpha value is -2.07. The molecule has 4 heteroatoms. The van der Waals surface area contributed by atoms with E-state index in [9.17, 15) is 8.42 Å². The first-order valence-electron chi connectivity index (χ1n) is 6.69. The van der Waals surface area contributed by atoms with Crippen molar-refractivity contribution in [3.63, 3.8) is 0 Å². The molecular weight excluding hydrogens is 282 g/mol. The Morgan fingerprint density at radius 3 is 2.33 bits per heavy atom. The van der Waals surface area contributed by atoms with Gasteiger partial charge in [-0.25, -0.2) is 8.42 Å². The summed E-state index contributed by atoms with van der Waals surface area (Å²) in [5, 5.41) is 1.24. The van der Waals surface area contributed by atoms with Crippen molar-refractivity contribution in [1.29, 1.82) is 0 Å². The van der Waals surface area contributed by atoms with Gasteiger partial charge in [0.2, 0.25) is 0 Å². The number of anilines is 1. The van der Waals surface area contributed by atoms with Gasteiger partial charge in [0, 0.05) is 7.05 Å². The maximum Gasteiger partial charge on any atom is 0.257 e. The number of hydrogen-bond donors (Lipinski definition) is 0. The first-order chi connectivity index (χ1) is 9.90. The van der Waals surface area contributed by atoms with Crippen LogP contribution in [-0.4, -0.2) is 15.5 Å². The Morgan fingerprint density at radius 1 is 1.00 bits per heavy atom. The van der Waals surface area contributed by atoms with Gasteiger partial charge in [-0.2, -0.15) is 0 Å². The molecule has 0 amide bonds. The molecule has 0 atom stereocenters. The van der Waals surface area contributed by atoms with Gasteiger partial charge >= 0.3 is 0 Å². The lowest BCUT2D eigenvalue weighted by atomic mass is 10.1. The van der Waals surface area contributed by atoms with Gasteiger partial charge in [0.1, 0.15) is 0 Å². The van der Waals surface area contributed by atoms with Crippen molar-refractivity contribution >= 4 is 21.8 Å². The minimum Gasteiger partial charge on any atom is -0.270 e. The summed E-state index contributed by atoms with van der Waals surface area (Å²) in [6, 6.07) is 15.2. The molecule has 0 N–H and O–H groups in total. The van der Waals surface area contributed by atoms with Crippen LogP contribution in [0, 0.1) is 13.8 Å². The molecule has 3 nitrogen and oxygen atoms in total. The standard InChI is InChI=1S/C17H19NO2S/c1-14-9-10-15(2)17(13-14)18(3)21(19,20)12-11-16-7-5-4-6-8-16/h4-13H,1-3H3/b12-11+. The molecule has 0 spiro atoms. The van der Waals surface area contributed by atoms with Crippen LogP contribution in [-0.2, 0) is 10.0 Å². The largest absolute Gasteiger partial charge is 0.270 e. The Balaban J connectivity index is 2.31. The molecule has 2 rings (SSSR count). The first kappa shape index (κ1) is 15.3. The lowest BCUT2D eigenvalue weighted by Crippen LogP contribution is -2.25. The number of hydrogen-bond acceptors (Lipinski definition) is 2. The summed E-state index contributed by atoms with van der Waals surface area (Å²) in [6.07, 6.45) is 1.61. The second-order valence-corrected chi connectivity index (χ2v) is 6.87. The van der Waals surface area contributed by atoms with Gasteiger partial charge in [0.05, 0.1) is 11.1 Å². The quantitative estimate of drug-likeness (QED) is 0.862. The zero-order valence-electron chi connectivity index (χ0n) is 12.4. The van der Waals surface area contributed by atoms with E-state index in [1.54, 1.807) is 13.1 Å². The molecule has 2 aromatic rings. The van der Waals surface area contributed by atoms with E-state index in [0.717, 1.165) is 16.7 Å². The second kappa shape index (κ2) is 6.14. The summed E-state index contributed by atoms with van der Waals surface area (Å²) in [5.41, 5.74) is 3.52. The SMILES string of the molecule is Cc1ccc(C)c(N(C)S(=O)(=O)/C=C/c2ccccc2)c1. The van der Waals surface area contributed by atoms with Crippen LogP contribution in [0.5, 0.6) is 0 Å². The van der Waals surface area contributed by atoms with E-state index in [4.69, 9.17) is 0 Å². The topological polar surface area (TPSA) is 37.4 Å². The summed E-state index contributed by atoms with van der Waals surface area (Å²) >= 11 is 0. The molecule has 0 aromatic heterocycles. The lowest BCUT2D eigenvalue weighted by molar-refractivity contribution is 0.603. The molecule has 0 radical (unpaired) electrons. The molecule has 0 unspecified atom stereocenters. The number of sulfonamides is 1. The van der Waals surface area contributed by atoms with Crippen molar-refractivity contribution in [1.82, 2.24) is 0 Å². The second-order valence-electron chi connectivity index (χ2n) is 5.02. The Kier molecular flexibility index (Phi) is 4.48. The van der Waals surface area contributed by atoms with Crippen molar-refractivity contribution in [2.45, 2.75) is 13.8 Å². The van der Waals surface area contributed by atoms with E-state index in [2.05, 4.69) is 0 Å². The predicted molar refractivity (Wildman–Crippen MR) is 88.7 cm³/mol. The van der Waals surface area contributed by atoms with Crippen LogP contribution in [0.25, 0.3) is 6.08 Å². The lowest BCUT2D eigenvalue weighted by Gasteiger charge is -2.20. The summed E-state index contributed by atoms with van der Waals surface area (Å²) in [5.74, 6) is 0. The van der Waals surface area contributed by atoms with Crippen LogP contribution in [0.1, 0.15) is 16.7 Å². The van der Waals surface area contributed by atoms with Crippen LogP contribution < -0.4 is 4.31 Å². The average molecular weight is 301 g/mol. The maximum absolute atomic E-state index is 12.4. The molecule has 0 aliphatic rings. The van der Waals surface area contributed by atoms with Crippen molar-refractivity contribution in [2.75, 3.05) is 11.4 Å². The Morgan fingerprint density at radius 2 is 1.67 bits per heavy atom. The highest BCUT2D eigenvalue weighted by Crippen LogP contribution is 2.23. The fourth-order valence-corrected chi connectivity index (χ4v) is 3.00. The van der Waals surface area contributed by atoms with E-state index in [1.807, 2.05) is 62.4 Å². The third-order valence-corrected chi connectivity index (χ3v) is 4.76. The molecular formula is C17H19NO2S. The van der Waals surface area contributed by atoms with Crippen LogP contribution in [0.4, 0.5) is 5.69 Å². The van der Waals surface area contributed by atoms with Gasteiger partial charge < -0.3 is 0 Å². The molecule has 2 aromatic carbocycles. The van der Waals surface area contributed by atoms with Crippen LogP contribution >= 0.6 is 0 Å². The third-order valence-electron chi connectivity index (χ3n) is 3.32. The van der Waals surface area contributed by atoms with Gasteiger partial charge in [-0.05, 0) is 42.7 Å². The van der Waals surface area contributed by atoms with E-state index in [0.29, 0.717) is 5.69 Å². The number of rotatable bonds is 4. The molecule has 0 fully saturated rings. The van der Waals surface area contributed by atoms with Gasteiger partial charge in [0.25, 0.3) is 10.0 Å². The monoisotopic (exact) mass is 301 g/mol. The molecule has 0 bridgehead atoms. The molecule has 0 heterocycles. The van der Waals surface area contributed by atoms with Crippen molar-refractivity contribution in [3.05, 3.63) is 70.6 Å². The fraction of sp³-hybridized carbons (Fsp3) is 0.176. The summed E-state index contributed by atoms with van der Waals surface area (Å²) < 4.78 is 26.1. The molecule has 0 aliphatic heterocycles. The number of benzene rings is 2. The number of aryl methyl sites for hydroxylation is 2. The molecule has 0 aliphatic carbocycles. The minimum absolute atomic E-state index is 0.702. The van der Waals surface area contributed by atoms with Crippen molar-refractivity contribution < 1.29 is 8.42 Å². The summed E-state index contributed by atoms with van der Waals surface area (Å²) in [7, 11) is -1.92. The smallest absolute Gasteiger partial charge is 0.257 e. The van der Waals surface area contributed by atoms with Gasteiger partial charge in [-0.3, -0.25) is 4.31 Å². The maximum atomic E-state index is 12.4. The highest BCUT2D eigenvalue weighted by atomic mass is 32.2. The molecule has 0 saturated carbocycles. The van der Waals surface area contributed by atoms with Gasteiger partial charge in [-0.1, -0.05) is 42.5 Å². The summed E-state index contributed by atoms with van der Waals surface area (Å²) in [6.45, 7) is 3.85. The van der Waals surface area contributed by atoms with Gasteiger partial charge in [0.15, 0.2) is 0 Å². The third kappa shape index (κ3) is 3.73. The first-order valence-corrected chi connectivity index (χ1v) is 8.20. The summed E-state index contributed by atoms with van der Waals surface area (Å²) in [4.78, 5) is 0. The predicted octanol–water partition coefficient (Wildman–Crippen LogP) is 3.74. The van der Waals surface area contributed by atoms with Crippen LogP contribution in [0.3, 0.4) is 0 Å². The van der Waals surface area contributed by atoms with Gasteiger partial charge in [-0.15, -0.1) is 0 Å². The average Bonchev–Trinajstić information content (AvgIpc) is 2.48. The van der Waals surface area contributed by atoms with Crippen LogP contribution in [0.15, 0.2) is 53.9 Å².